The van der Waals surface area contributed by atoms with Crippen LogP contribution in [0.2, 0.25) is 0 Å². The molecule has 1 aliphatic heterocycles. The molecule has 4 atom stereocenters. The van der Waals surface area contributed by atoms with Crippen LogP contribution < -0.4 is 0 Å². The minimum Gasteiger partial charge on any atom is -0.338 e. The Balaban J connectivity index is 1.69. The summed E-state index contributed by atoms with van der Waals surface area (Å²) in [6.45, 7) is 0.482. The quantitative estimate of drug-likeness (QED) is 0.697. The number of fused-ring (bicyclic) bond motifs is 2. The standard InChI is InChI=1S/C14H16O4/c1-3-9-15-13-7-5-11(13)18-14(16-10-4-2)8-6-12(14)17-13/h1-2,11-12H,5-10H2/t11-,12-,13+,14+/m0/s1. The SMILES string of the molecule is C#CCO[C@@]12CC[C@@H]1O[C@]1(OCC#C)CC[C@@H]1O2. The van der Waals surface area contributed by atoms with Crippen LogP contribution in [0.4, 0.5) is 0 Å². The monoisotopic (exact) mass is 248 g/mol. The predicted molar refractivity (Wildman–Crippen MR) is 63.2 cm³/mol. The second kappa shape index (κ2) is 4.26. The molecule has 0 amide bonds. The van der Waals surface area contributed by atoms with Gasteiger partial charge in [-0.1, -0.05) is 11.8 Å². The molecule has 0 unspecified atom stereocenters. The molecule has 2 aliphatic carbocycles. The summed E-state index contributed by atoms with van der Waals surface area (Å²) in [5.74, 6) is 3.63. The maximum absolute atomic E-state index is 6.04. The van der Waals surface area contributed by atoms with Gasteiger partial charge in [0.15, 0.2) is 11.6 Å². The number of ether oxygens (including phenoxy) is 4. The van der Waals surface area contributed by atoms with E-state index in [4.69, 9.17) is 31.8 Å². The third kappa shape index (κ3) is 1.58. The molecule has 96 valence electrons. The fraction of sp³-hybridized carbons (Fsp3) is 0.714. The Morgan fingerprint density at radius 1 is 0.944 bits per heavy atom. The summed E-state index contributed by atoms with van der Waals surface area (Å²) in [5, 5.41) is 0. The van der Waals surface area contributed by atoms with Crippen LogP contribution in [-0.4, -0.2) is 37.0 Å². The Labute approximate surface area is 107 Å². The van der Waals surface area contributed by atoms with Gasteiger partial charge in [-0.2, -0.15) is 0 Å². The van der Waals surface area contributed by atoms with Crippen molar-refractivity contribution in [1.29, 1.82) is 0 Å². The molecule has 0 aromatic carbocycles. The molecule has 0 aromatic rings. The molecule has 1 heterocycles. The van der Waals surface area contributed by atoms with E-state index in [1.165, 1.54) is 0 Å². The molecule has 0 aromatic heterocycles. The molecule has 0 bridgehead atoms. The number of rotatable bonds is 4. The molecule has 2 saturated carbocycles. The summed E-state index contributed by atoms with van der Waals surface area (Å²) < 4.78 is 23.4. The van der Waals surface area contributed by atoms with Crippen molar-refractivity contribution in [1.82, 2.24) is 0 Å². The molecule has 0 radical (unpaired) electrons. The molecule has 4 heteroatoms. The molecule has 0 N–H and O–H groups in total. The van der Waals surface area contributed by atoms with Gasteiger partial charge in [0.25, 0.3) is 0 Å². The number of hydrogen-bond donors (Lipinski definition) is 0. The van der Waals surface area contributed by atoms with Crippen molar-refractivity contribution < 1.29 is 18.9 Å². The van der Waals surface area contributed by atoms with Gasteiger partial charge in [0, 0.05) is 12.8 Å². The minimum absolute atomic E-state index is 0.0971. The highest BCUT2D eigenvalue weighted by Gasteiger charge is 2.66. The maximum Gasteiger partial charge on any atom is 0.196 e. The summed E-state index contributed by atoms with van der Waals surface area (Å²) in [6.07, 6.45) is 13.7. The smallest absolute Gasteiger partial charge is 0.196 e. The molecule has 4 nitrogen and oxygen atoms in total. The van der Waals surface area contributed by atoms with Gasteiger partial charge < -0.3 is 18.9 Å². The predicted octanol–water partition coefficient (Wildman–Crippen LogP) is 1.05. The summed E-state index contributed by atoms with van der Waals surface area (Å²) in [4.78, 5) is 0. The summed E-state index contributed by atoms with van der Waals surface area (Å²) >= 11 is 0. The van der Waals surface area contributed by atoms with E-state index in [2.05, 4.69) is 11.8 Å². The second-order valence-electron chi connectivity index (χ2n) is 4.90. The lowest BCUT2D eigenvalue weighted by atomic mass is 9.78. The lowest BCUT2D eigenvalue weighted by Crippen LogP contribution is -2.73. The van der Waals surface area contributed by atoms with Gasteiger partial charge in [0.1, 0.15) is 25.4 Å². The maximum atomic E-state index is 6.04. The third-order valence-corrected chi connectivity index (χ3v) is 3.97. The summed E-state index contributed by atoms with van der Waals surface area (Å²) in [7, 11) is 0. The summed E-state index contributed by atoms with van der Waals surface area (Å²) in [5.41, 5.74) is 0. The van der Waals surface area contributed by atoms with Crippen LogP contribution in [0, 0.1) is 24.7 Å². The van der Waals surface area contributed by atoms with Crippen molar-refractivity contribution in [2.75, 3.05) is 13.2 Å². The second-order valence-corrected chi connectivity index (χ2v) is 4.90. The van der Waals surface area contributed by atoms with E-state index in [0.29, 0.717) is 0 Å². The van der Waals surface area contributed by atoms with Crippen LogP contribution in [-0.2, 0) is 18.9 Å². The van der Waals surface area contributed by atoms with E-state index in [1.54, 1.807) is 0 Å². The molecular weight excluding hydrogens is 232 g/mol. The van der Waals surface area contributed by atoms with Crippen molar-refractivity contribution >= 4 is 0 Å². The van der Waals surface area contributed by atoms with E-state index in [1.807, 2.05) is 0 Å². The van der Waals surface area contributed by atoms with Crippen LogP contribution in [0.1, 0.15) is 25.7 Å². The minimum atomic E-state index is -0.652. The van der Waals surface area contributed by atoms with Crippen molar-refractivity contribution in [2.45, 2.75) is 49.5 Å². The van der Waals surface area contributed by atoms with Gasteiger partial charge in [0.05, 0.1) is 0 Å². The first-order valence-electron chi connectivity index (χ1n) is 6.25. The van der Waals surface area contributed by atoms with Gasteiger partial charge >= 0.3 is 0 Å². The Morgan fingerprint density at radius 3 is 1.67 bits per heavy atom. The van der Waals surface area contributed by atoms with Crippen molar-refractivity contribution in [2.24, 2.45) is 0 Å². The van der Waals surface area contributed by atoms with Crippen LogP contribution in [0.25, 0.3) is 0 Å². The number of terminal acetylenes is 2. The zero-order chi connectivity index (χ0) is 12.6. The van der Waals surface area contributed by atoms with Crippen molar-refractivity contribution in [3.05, 3.63) is 0 Å². The third-order valence-electron chi connectivity index (χ3n) is 3.97. The van der Waals surface area contributed by atoms with Crippen molar-refractivity contribution in [3.8, 4) is 24.7 Å². The molecular formula is C14H16O4. The van der Waals surface area contributed by atoms with Crippen LogP contribution >= 0.6 is 0 Å². The Hall–Kier alpha value is -1.04. The van der Waals surface area contributed by atoms with Crippen LogP contribution in [0.3, 0.4) is 0 Å². The van der Waals surface area contributed by atoms with Gasteiger partial charge in [-0.3, -0.25) is 0 Å². The number of hydrogen-bond acceptors (Lipinski definition) is 4. The van der Waals surface area contributed by atoms with Gasteiger partial charge in [-0.15, -0.1) is 12.8 Å². The first-order chi connectivity index (χ1) is 8.75. The highest BCUT2D eigenvalue weighted by Crippen LogP contribution is 2.54. The highest BCUT2D eigenvalue weighted by atomic mass is 16.8. The summed E-state index contributed by atoms with van der Waals surface area (Å²) in [6, 6.07) is 0. The van der Waals surface area contributed by atoms with Gasteiger partial charge in [-0.05, 0) is 12.8 Å². The fourth-order valence-electron chi connectivity index (χ4n) is 2.77. The van der Waals surface area contributed by atoms with Crippen molar-refractivity contribution in [3.63, 3.8) is 0 Å². The largest absolute Gasteiger partial charge is 0.338 e. The van der Waals surface area contributed by atoms with Crippen LogP contribution in [0.15, 0.2) is 0 Å². The van der Waals surface area contributed by atoms with E-state index >= 15 is 0 Å². The normalized spacial score (nSPS) is 44.6. The highest BCUT2D eigenvalue weighted by molar-refractivity contribution is 5.06. The van der Waals surface area contributed by atoms with E-state index in [0.717, 1.165) is 25.7 Å². The molecule has 1 saturated heterocycles. The lowest BCUT2D eigenvalue weighted by molar-refractivity contribution is -0.488. The van der Waals surface area contributed by atoms with E-state index in [-0.39, 0.29) is 25.4 Å². The first-order valence-corrected chi connectivity index (χ1v) is 6.25. The van der Waals surface area contributed by atoms with E-state index < -0.39 is 11.6 Å². The zero-order valence-corrected chi connectivity index (χ0v) is 10.2. The lowest BCUT2D eigenvalue weighted by Gasteiger charge is -2.62. The Bertz CT molecular complexity index is 380. The fourth-order valence-corrected chi connectivity index (χ4v) is 2.77. The first kappa shape index (κ1) is 12.0. The average Bonchev–Trinajstić information content (AvgIpc) is 2.35. The van der Waals surface area contributed by atoms with Gasteiger partial charge in [-0.25, -0.2) is 0 Å². The molecule has 18 heavy (non-hydrogen) atoms. The zero-order valence-electron chi connectivity index (χ0n) is 10.2. The molecule has 3 fully saturated rings. The topological polar surface area (TPSA) is 36.9 Å². The molecule has 3 aliphatic rings. The van der Waals surface area contributed by atoms with Gasteiger partial charge in [0.2, 0.25) is 0 Å². The molecule has 0 spiro atoms. The Morgan fingerprint density at radius 2 is 1.39 bits per heavy atom. The Kier molecular flexibility index (Phi) is 2.84. The van der Waals surface area contributed by atoms with E-state index in [9.17, 15) is 0 Å². The molecule has 3 rings (SSSR count). The van der Waals surface area contributed by atoms with Crippen LogP contribution in [0.5, 0.6) is 0 Å². The average molecular weight is 248 g/mol.